The van der Waals surface area contributed by atoms with Crippen molar-refractivity contribution in [3.05, 3.63) is 16.1 Å². The Bertz CT molecular complexity index is 355. The average molecular weight is 347 g/mol. The third-order valence-corrected chi connectivity index (χ3v) is 4.04. The Morgan fingerprint density at radius 3 is 2.76 bits per heavy atom. The molecule has 1 heterocycles. The molecule has 0 spiro atoms. The zero-order valence-electron chi connectivity index (χ0n) is 9.85. The van der Waals surface area contributed by atoms with Crippen LogP contribution in [0.2, 0.25) is 0 Å². The van der Waals surface area contributed by atoms with E-state index in [1.54, 1.807) is 6.33 Å². The standard InChI is InChI=1S/C12H18IN3O/c13-11-8-14-9-15-12(11)16(6-7-17)10-4-2-1-3-5-10/h8-10,17H,1-7H2. The lowest BCUT2D eigenvalue weighted by Gasteiger charge is -2.35. The molecule has 1 N–H and O–H groups in total. The number of aliphatic hydroxyl groups is 1. The van der Waals surface area contributed by atoms with E-state index in [9.17, 15) is 5.11 Å². The van der Waals surface area contributed by atoms with E-state index in [2.05, 4.69) is 37.5 Å². The fraction of sp³-hybridized carbons (Fsp3) is 0.667. The predicted octanol–water partition coefficient (Wildman–Crippen LogP) is 2.21. The van der Waals surface area contributed by atoms with Crippen LogP contribution in [0.4, 0.5) is 5.82 Å². The molecule has 1 fully saturated rings. The van der Waals surface area contributed by atoms with Crippen LogP contribution >= 0.6 is 22.6 Å². The van der Waals surface area contributed by atoms with Gasteiger partial charge in [-0.05, 0) is 35.4 Å². The summed E-state index contributed by atoms with van der Waals surface area (Å²) in [7, 11) is 0. The number of rotatable bonds is 4. The molecule has 94 valence electrons. The fourth-order valence-corrected chi connectivity index (χ4v) is 3.09. The second-order valence-electron chi connectivity index (χ2n) is 4.40. The Labute approximate surface area is 116 Å². The molecule has 1 aliphatic carbocycles. The van der Waals surface area contributed by atoms with Gasteiger partial charge in [0.1, 0.15) is 12.1 Å². The summed E-state index contributed by atoms with van der Waals surface area (Å²) >= 11 is 2.26. The first-order chi connectivity index (χ1) is 8.33. The van der Waals surface area contributed by atoms with Crippen molar-refractivity contribution < 1.29 is 5.11 Å². The molecular formula is C12H18IN3O. The first-order valence-corrected chi connectivity index (χ1v) is 7.24. The largest absolute Gasteiger partial charge is 0.395 e. The summed E-state index contributed by atoms with van der Waals surface area (Å²) in [6, 6.07) is 0.527. The smallest absolute Gasteiger partial charge is 0.145 e. The lowest BCUT2D eigenvalue weighted by Crippen LogP contribution is -2.39. The van der Waals surface area contributed by atoms with E-state index < -0.39 is 0 Å². The number of nitrogens with zero attached hydrogens (tertiary/aromatic N) is 3. The summed E-state index contributed by atoms with van der Waals surface area (Å²) in [5.74, 6) is 0.974. The number of hydrogen-bond acceptors (Lipinski definition) is 4. The minimum atomic E-state index is 0.177. The van der Waals surface area contributed by atoms with Crippen molar-refractivity contribution in [1.29, 1.82) is 0 Å². The normalized spacial score (nSPS) is 17.1. The van der Waals surface area contributed by atoms with Gasteiger partial charge in [-0.15, -0.1) is 0 Å². The van der Waals surface area contributed by atoms with E-state index in [0.717, 1.165) is 9.39 Å². The van der Waals surface area contributed by atoms with E-state index in [1.165, 1.54) is 32.1 Å². The molecule has 0 saturated heterocycles. The van der Waals surface area contributed by atoms with Crippen LogP contribution in [0.5, 0.6) is 0 Å². The van der Waals surface area contributed by atoms with Gasteiger partial charge in [0.05, 0.1) is 10.2 Å². The van der Waals surface area contributed by atoms with Gasteiger partial charge in [-0.1, -0.05) is 19.3 Å². The van der Waals surface area contributed by atoms with Crippen LogP contribution in [-0.2, 0) is 0 Å². The van der Waals surface area contributed by atoms with Crippen molar-refractivity contribution in [1.82, 2.24) is 9.97 Å². The molecule has 1 aliphatic rings. The summed E-state index contributed by atoms with van der Waals surface area (Å²) < 4.78 is 1.06. The van der Waals surface area contributed by atoms with Gasteiger partial charge >= 0.3 is 0 Å². The number of aliphatic hydroxyl groups excluding tert-OH is 1. The van der Waals surface area contributed by atoms with Crippen molar-refractivity contribution in [2.45, 2.75) is 38.1 Å². The Kier molecular flexibility index (Phi) is 4.97. The summed E-state index contributed by atoms with van der Waals surface area (Å²) in [4.78, 5) is 10.6. The fourth-order valence-electron chi connectivity index (χ4n) is 2.48. The highest BCUT2D eigenvalue weighted by Gasteiger charge is 2.23. The topological polar surface area (TPSA) is 49.2 Å². The average Bonchev–Trinajstić information content (AvgIpc) is 2.38. The van der Waals surface area contributed by atoms with Crippen LogP contribution in [0.1, 0.15) is 32.1 Å². The molecule has 0 amide bonds. The molecule has 2 rings (SSSR count). The third-order valence-electron chi connectivity index (χ3n) is 3.28. The molecular weight excluding hydrogens is 329 g/mol. The Balaban J connectivity index is 2.18. The highest BCUT2D eigenvalue weighted by atomic mass is 127. The zero-order valence-corrected chi connectivity index (χ0v) is 12.0. The zero-order chi connectivity index (χ0) is 12.1. The van der Waals surface area contributed by atoms with Crippen LogP contribution in [0.3, 0.4) is 0 Å². The van der Waals surface area contributed by atoms with Crippen LogP contribution in [0.15, 0.2) is 12.5 Å². The van der Waals surface area contributed by atoms with E-state index in [0.29, 0.717) is 12.6 Å². The molecule has 17 heavy (non-hydrogen) atoms. The molecule has 1 aromatic rings. The SMILES string of the molecule is OCCN(c1ncncc1I)C1CCCCC1. The Morgan fingerprint density at radius 1 is 1.35 bits per heavy atom. The van der Waals surface area contributed by atoms with E-state index in [-0.39, 0.29) is 6.61 Å². The second kappa shape index (κ2) is 6.49. The Hall–Kier alpha value is -0.430. The highest BCUT2D eigenvalue weighted by Crippen LogP contribution is 2.28. The monoisotopic (exact) mass is 347 g/mol. The van der Waals surface area contributed by atoms with E-state index >= 15 is 0 Å². The number of hydrogen-bond donors (Lipinski definition) is 1. The minimum absolute atomic E-state index is 0.177. The third kappa shape index (κ3) is 3.28. The van der Waals surface area contributed by atoms with Gasteiger partial charge in [0.15, 0.2) is 0 Å². The lowest BCUT2D eigenvalue weighted by molar-refractivity contribution is 0.289. The number of halogens is 1. The van der Waals surface area contributed by atoms with E-state index in [1.807, 2.05) is 6.20 Å². The van der Waals surface area contributed by atoms with Crippen LogP contribution in [0, 0.1) is 3.57 Å². The molecule has 1 saturated carbocycles. The molecule has 4 nitrogen and oxygen atoms in total. The van der Waals surface area contributed by atoms with Crippen molar-refractivity contribution >= 4 is 28.4 Å². The highest BCUT2D eigenvalue weighted by molar-refractivity contribution is 14.1. The van der Waals surface area contributed by atoms with Gasteiger partial charge < -0.3 is 10.0 Å². The summed E-state index contributed by atoms with van der Waals surface area (Å²) in [6.45, 7) is 0.842. The first-order valence-electron chi connectivity index (χ1n) is 6.16. The molecule has 1 aromatic heterocycles. The molecule has 0 radical (unpaired) electrons. The Morgan fingerprint density at radius 2 is 2.12 bits per heavy atom. The second-order valence-corrected chi connectivity index (χ2v) is 5.57. The van der Waals surface area contributed by atoms with Crippen molar-refractivity contribution in [3.63, 3.8) is 0 Å². The summed E-state index contributed by atoms with van der Waals surface area (Å²) in [6.07, 6.45) is 9.74. The van der Waals surface area contributed by atoms with Crippen molar-refractivity contribution in [2.75, 3.05) is 18.1 Å². The molecule has 5 heteroatoms. The van der Waals surface area contributed by atoms with Gasteiger partial charge in [0.2, 0.25) is 0 Å². The maximum Gasteiger partial charge on any atom is 0.145 e. The van der Waals surface area contributed by atoms with Gasteiger partial charge in [0.25, 0.3) is 0 Å². The minimum Gasteiger partial charge on any atom is -0.395 e. The first kappa shape index (κ1) is 13.0. The molecule has 0 unspecified atom stereocenters. The van der Waals surface area contributed by atoms with Crippen molar-refractivity contribution in [2.24, 2.45) is 0 Å². The van der Waals surface area contributed by atoms with E-state index in [4.69, 9.17) is 0 Å². The molecule has 0 aliphatic heterocycles. The molecule has 0 atom stereocenters. The maximum atomic E-state index is 9.23. The van der Waals surface area contributed by atoms with Gasteiger partial charge in [0, 0.05) is 18.8 Å². The van der Waals surface area contributed by atoms with Gasteiger partial charge in [-0.25, -0.2) is 9.97 Å². The quantitative estimate of drug-likeness (QED) is 0.849. The molecule has 0 aromatic carbocycles. The van der Waals surface area contributed by atoms with Gasteiger partial charge in [-0.2, -0.15) is 0 Å². The number of anilines is 1. The van der Waals surface area contributed by atoms with Crippen LogP contribution in [0.25, 0.3) is 0 Å². The van der Waals surface area contributed by atoms with Crippen LogP contribution < -0.4 is 4.90 Å². The predicted molar refractivity (Wildman–Crippen MR) is 76.1 cm³/mol. The summed E-state index contributed by atoms with van der Waals surface area (Å²) in [5.41, 5.74) is 0. The van der Waals surface area contributed by atoms with Gasteiger partial charge in [-0.3, -0.25) is 0 Å². The number of aromatic nitrogens is 2. The maximum absolute atomic E-state index is 9.23. The van der Waals surface area contributed by atoms with Crippen molar-refractivity contribution in [3.8, 4) is 0 Å². The van der Waals surface area contributed by atoms with Crippen LogP contribution in [-0.4, -0.2) is 34.3 Å². The molecule has 0 bridgehead atoms. The lowest BCUT2D eigenvalue weighted by atomic mass is 9.94. The summed E-state index contributed by atoms with van der Waals surface area (Å²) in [5, 5.41) is 9.23.